The highest BCUT2D eigenvalue weighted by Crippen LogP contribution is 2.12. The van der Waals surface area contributed by atoms with Gasteiger partial charge in [0.05, 0.1) is 12.4 Å². The van der Waals surface area contributed by atoms with Gasteiger partial charge in [-0.3, -0.25) is 4.72 Å². The van der Waals surface area contributed by atoms with Crippen LogP contribution in [0, 0.1) is 0 Å². The van der Waals surface area contributed by atoms with Gasteiger partial charge in [0.15, 0.2) is 5.84 Å². The van der Waals surface area contributed by atoms with E-state index in [4.69, 9.17) is 15.7 Å². The summed E-state index contributed by atoms with van der Waals surface area (Å²) < 4.78 is 30.3. The molecule has 0 aliphatic carbocycles. The van der Waals surface area contributed by atoms with Gasteiger partial charge in [-0.15, -0.1) is 0 Å². The van der Waals surface area contributed by atoms with Crippen molar-refractivity contribution in [1.82, 2.24) is 0 Å². The summed E-state index contributed by atoms with van der Waals surface area (Å²) in [5.74, 6) is -0.231. The zero-order valence-electron chi connectivity index (χ0n) is 9.83. The third-order valence-electron chi connectivity index (χ3n) is 2.10. The quantitative estimate of drug-likeness (QED) is 0.296. The van der Waals surface area contributed by atoms with Crippen molar-refractivity contribution in [3.63, 3.8) is 0 Å². The topological polar surface area (TPSA) is 114 Å². The summed E-state index contributed by atoms with van der Waals surface area (Å²) in [5.41, 5.74) is 6.17. The molecule has 0 atom stereocenters. The Morgan fingerprint density at radius 2 is 2.28 bits per heavy atom. The summed E-state index contributed by atoms with van der Waals surface area (Å²) in [5, 5.41) is 11.4. The molecule has 4 N–H and O–H groups in total. The van der Waals surface area contributed by atoms with Gasteiger partial charge in [-0.1, -0.05) is 17.3 Å². The number of nitrogens with zero attached hydrogens (tertiary/aromatic N) is 1. The lowest BCUT2D eigenvalue weighted by Crippen LogP contribution is -2.20. The Balaban J connectivity index is 2.86. The fraction of sp³-hybridized carbons (Fsp3) is 0.300. The molecule has 0 aliphatic heterocycles. The van der Waals surface area contributed by atoms with Gasteiger partial charge in [0.2, 0.25) is 10.0 Å². The molecule has 18 heavy (non-hydrogen) atoms. The Morgan fingerprint density at radius 3 is 2.89 bits per heavy atom. The molecule has 0 amide bonds. The minimum atomic E-state index is -3.46. The molecule has 0 aliphatic rings. The summed E-state index contributed by atoms with van der Waals surface area (Å²) in [7, 11) is -2.04. The number of rotatable bonds is 6. The Bertz CT molecular complexity index is 528. The average Bonchev–Trinajstić information content (AvgIpc) is 2.35. The Kier molecular flexibility index (Phi) is 4.93. The minimum Gasteiger partial charge on any atom is -0.409 e. The Morgan fingerprint density at radius 1 is 1.56 bits per heavy atom. The highest BCUT2D eigenvalue weighted by molar-refractivity contribution is 7.92. The maximum Gasteiger partial charge on any atom is 0.234 e. The normalized spacial score (nSPS) is 12.4. The zero-order chi connectivity index (χ0) is 13.6. The van der Waals surface area contributed by atoms with Crippen LogP contribution < -0.4 is 10.5 Å². The number of nitrogens with two attached hydrogens (primary N) is 1. The van der Waals surface area contributed by atoms with Crippen LogP contribution in [-0.2, 0) is 14.8 Å². The van der Waals surface area contributed by atoms with Crippen LogP contribution in [0.5, 0.6) is 0 Å². The number of nitrogens with one attached hydrogen (secondary N) is 1. The van der Waals surface area contributed by atoms with Crippen molar-refractivity contribution in [3.05, 3.63) is 29.8 Å². The SMILES string of the molecule is COCCS(=O)(=O)Nc1cccc(/C(N)=N/O)c1. The summed E-state index contributed by atoms with van der Waals surface area (Å²) >= 11 is 0. The molecular formula is C10H15N3O4S. The van der Waals surface area contributed by atoms with E-state index in [0.29, 0.717) is 11.3 Å². The molecule has 0 saturated carbocycles. The predicted molar refractivity (Wildman–Crippen MR) is 68.2 cm³/mol. The van der Waals surface area contributed by atoms with Crippen LogP contribution >= 0.6 is 0 Å². The predicted octanol–water partition coefficient (Wildman–Crippen LogP) is 0.169. The van der Waals surface area contributed by atoms with Crippen molar-refractivity contribution in [3.8, 4) is 0 Å². The molecule has 100 valence electrons. The van der Waals surface area contributed by atoms with E-state index in [1.165, 1.54) is 13.2 Å². The van der Waals surface area contributed by atoms with E-state index < -0.39 is 10.0 Å². The highest BCUT2D eigenvalue weighted by atomic mass is 32.2. The van der Waals surface area contributed by atoms with Crippen LogP contribution in [-0.4, -0.2) is 38.9 Å². The van der Waals surface area contributed by atoms with Gasteiger partial charge in [0.1, 0.15) is 0 Å². The van der Waals surface area contributed by atoms with E-state index in [0.717, 1.165) is 0 Å². The van der Waals surface area contributed by atoms with Crippen LogP contribution in [0.1, 0.15) is 5.56 Å². The largest absolute Gasteiger partial charge is 0.409 e. The second-order valence-corrected chi connectivity index (χ2v) is 5.32. The van der Waals surface area contributed by atoms with Crippen LogP contribution in [0.4, 0.5) is 5.69 Å². The molecule has 8 heteroatoms. The number of hydrogen-bond donors (Lipinski definition) is 3. The molecular weight excluding hydrogens is 258 g/mol. The van der Waals surface area contributed by atoms with E-state index >= 15 is 0 Å². The molecule has 0 unspecified atom stereocenters. The molecule has 0 heterocycles. The standard InChI is InChI=1S/C10H15N3O4S/c1-17-5-6-18(15,16)13-9-4-2-3-8(7-9)10(11)12-14/h2-4,7,13-14H,5-6H2,1H3,(H2,11,12). The van der Waals surface area contributed by atoms with E-state index in [-0.39, 0.29) is 18.2 Å². The van der Waals surface area contributed by atoms with Gasteiger partial charge in [0.25, 0.3) is 0 Å². The molecule has 1 aromatic rings. The molecule has 1 aromatic carbocycles. The molecule has 0 saturated heterocycles. The van der Waals surface area contributed by atoms with Gasteiger partial charge in [0, 0.05) is 18.4 Å². The number of amidine groups is 1. The first-order valence-electron chi connectivity index (χ1n) is 5.06. The van der Waals surface area contributed by atoms with Crippen molar-refractivity contribution in [2.24, 2.45) is 10.9 Å². The molecule has 0 bridgehead atoms. The average molecular weight is 273 g/mol. The maximum absolute atomic E-state index is 11.6. The first-order valence-corrected chi connectivity index (χ1v) is 6.71. The van der Waals surface area contributed by atoms with E-state index in [9.17, 15) is 8.42 Å². The summed E-state index contributed by atoms with van der Waals surface area (Å²) in [6.07, 6.45) is 0. The third kappa shape index (κ3) is 4.22. The van der Waals surface area contributed by atoms with Crippen LogP contribution in [0.15, 0.2) is 29.4 Å². The van der Waals surface area contributed by atoms with Crippen molar-refractivity contribution >= 4 is 21.5 Å². The zero-order valence-corrected chi connectivity index (χ0v) is 10.6. The Hall–Kier alpha value is -1.80. The molecule has 0 aromatic heterocycles. The molecule has 0 fully saturated rings. The third-order valence-corrected chi connectivity index (χ3v) is 3.35. The lowest BCUT2D eigenvalue weighted by atomic mass is 10.2. The molecule has 1 rings (SSSR count). The second kappa shape index (κ2) is 6.22. The van der Waals surface area contributed by atoms with Gasteiger partial charge in [-0.2, -0.15) is 0 Å². The highest BCUT2D eigenvalue weighted by Gasteiger charge is 2.10. The van der Waals surface area contributed by atoms with Crippen molar-refractivity contribution in [2.75, 3.05) is 24.2 Å². The lowest BCUT2D eigenvalue weighted by molar-refractivity contribution is 0.217. The fourth-order valence-corrected chi connectivity index (χ4v) is 2.20. The van der Waals surface area contributed by atoms with Crippen molar-refractivity contribution in [1.29, 1.82) is 0 Å². The van der Waals surface area contributed by atoms with E-state index in [2.05, 4.69) is 9.88 Å². The van der Waals surface area contributed by atoms with Crippen molar-refractivity contribution in [2.45, 2.75) is 0 Å². The van der Waals surface area contributed by atoms with E-state index in [1.807, 2.05) is 0 Å². The minimum absolute atomic E-state index is 0.0899. The smallest absolute Gasteiger partial charge is 0.234 e. The summed E-state index contributed by atoms with van der Waals surface area (Å²) in [6, 6.07) is 6.24. The fourth-order valence-electron chi connectivity index (χ4n) is 1.22. The summed E-state index contributed by atoms with van der Waals surface area (Å²) in [6.45, 7) is 0.106. The van der Waals surface area contributed by atoms with Gasteiger partial charge in [-0.05, 0) is 12.1 Å². The number of sulfonamides is 1. The molecule has 0 radical (unpaired) electrons. The first kappa shape index (κ1) is 14.3. The Labute approximate surface area is 105 Å². The van der Waals surface area contributed by atoms with Gasteiger partial charge >= 0.3 is 0 Å². The second-order valence-electron chi connectivity index (χ2n) is 3.48. The lowest BCUT2D eigenvalue weighted by Gasteiger charge is -2.08. The molecule has 7 nitrogen and oxygen atoms in total. The number of hydrogen-bond acceptors (Lipinski definition) is 5. The van der Waals surface area contributed by atoms with Crippen LogP contribution in [0.2, 0.25) is 0 Å². The number of oxime groups is 1. The summed E-state index contributed by atoms with van der Waals surface area (Å²) in [4.78, 5) is 0. The number of benzene rings is 1. The molecule has 0 spiro atoms. The number of anilines is 1. The van der Waals surface area contributed by atoms with Crippen LogP contribution in [0.3, 0.4) is 0 Å². The number of ether oxygens (including phenoxy) is 1. The maximum atomic E-state index is 11.6. The first-order chi connectivity index (χ1) is 8.48. The van der Waals surface area contributed by atoms with Gasteiger partial charge in [-0.25, -0.2) is 8.42 Å². The van der Waals surface area contributed by atoms with Gasteiger partial charge < -0.3 is 15.7 Å². The van der Waals surface area contributed by atoms with E-state index in [1.54, 1.807) is 18.2 Å². The van der Waals surface area contributed by atoms with Crippen molar-refractivity contribution < 1.29 is 18.4 Å². The monoisotopic (exact) mass is 273 g/mol. The van der Waals surface area contributed by atoms with Crippen LogP contribution in [0.25, 0.3) is 0 Å². The number of methoxy groups -OCH3 is 1.